The van der Waals surface area contributed by atoms with Crippen LogP contribution in [0.5, 0.6) is 5.88 Å². The highest BCUT2D eigenvalue weighted by Gasteiger charge is 2.13. The highest BCUT2D eigenvalue weighted by atomic mass is 16.5. The van der Waals surface area contributed by atoms with Gasteiger partial charge in [-0.3, -0.25) is 0 Å². The lowest BCUT2D eigenvalue weighted by Gasteiger charge is -2.17. The van der Waals surface area contributed by atoms with Gasteiger partial charge in [0.15, 0.2) is 0 Å². The average molecular weight is 253 g/mol. The summed E-state index contributed by atoms with van der Waals surface area (Å²) in [6, 6.07) is 0. The molecule has 1 unspecified atom stereocenters. The van der Waals surface area contributed by atoms with E-state index in [0.29, 0.717) is 19.1 Å². The first kappa shape index (κ1) is 14.7. The van der Waals surface area contributed by atoms with Gasteiger partial charge in [0, 0.05) is 13.7 Å². The fraction of sp³-hybridized carbons (Fsp3) is 0.692. The van der Waals surface area contributed by atoms with Crippen LogP contribution in [0.25, 0.3) is 0 Å². The van der Waals surface area contributed by atoms with E-state index in [1.165, 1.54) is 6.33 Å². The van der Waals surface area contributed by atoms with Gasteiger partial charge in [0.05, 0.1) is 12.2 Å². The minimum absolute atomic E-state index is 0.0137. The third-order valence-corrected chi connectivity index (χ3v) is 2.51. The summed E-state index contributed by atoms with van der Waals surface area (Å²) in [5.74, 6) is 1.49. The van der Waals surface area contributed by atoms with Crippen molar-refractivity contribution >= 4 is 5.82 Å². The molecule has 0 aliphatic heterocycles. The van der Waals surface area contributed by atoms with Gasteiger partial charge in [-0.25, -0.2) is 9.97 Å². The maximum Gasteiger partial charge on any atom is 0.222 e. The number of aromatic nitrogens is 2. The summed E-state index contributed by atoms with van der Waals surface area (Å²) in [6.45, 7) is 7.34. The van der Waals surface area contributed by atoms with E-state index in [0.717, 1.165) is 24.2 Å². The molecular weight excluding hydrogens is 230 g/mol. The first-order valence-electron chi connectivity index (χ1n) is 6.48. The first-order chi connectivity index (χ1) is 8.72. The van der Waals surface area contributed by atoms with E-state index in [2.05, 4.69) is 22.2 Å². The predicted octanol–water partition coefficient (Wildman–Crippen LogP) is 2.27. The monoisotopic (exact) mass is 253 g/mol. The van der Waals surface area contributed by atoms with Crippen molar-refractivity contribution in [1.29, 1.82) is 0 Å². The number of anilines is 1. The van der Waals surface area contributed by atoms with E-state index in [1.54, 1.807) is 0 Å². The van der Waals surface area contributed by atoms with Crippen LogP contribution >= 0.6 is 0 Å². The minimum Gasteiger partial charge on any atom is -0.472 e. The third kappa shape index (κ3) is 4.14. The molecule has 1 heterocycles. The molecule has 0 aliphatic carbocycles. The van der Waals surface area contributed by atoms with E-state index in [9.17, 15) is 0 Å². The van der Waals surface area contributed by atoms with Crippen LogP contribution in [-0.2, 0) is 11.2 Å². The number of nitrogens with zero attached hydrogens (tertiary/aromatic N) is 2. The smallest absolute Gasteiger partial charge is 0.222 e. The standard InChI is InChI=1S/C13H23N3O2/c1-5-7-11-12(14-4)15-9-16-13(11)18-10(3)8-17-6-2/h9-10H,5-8H2,1-4H3,(H,14,15,16). The quantitative estimate of drug-likeness (QED) is 0.770. The second kappa shape index (κ2) is 7.87. The summed E-state index contributed by atoms with van der Waals surface area (Å²) in [4.78, 5) is 8.44. The minimum atomic E-state index is -0.0137. The molecule has 18 heavy (non-hydrogen) atoms. The van der Waals surface area contributed by atoms with Crippen molar-refractivity contribution in [3.05, 3.63) is 11.9 Å². The number of rotatable bonds is 8. The molecule has 1 rings (SSSR count). The summed E-state index contributed by atoms with van der Waals surface area (Å²) >= 11 is 0. The number of hydrogen-bond acceptors (Lipinski definition) is 5. The zero-order valence-electron chi connectivity index (χ0n) is 11.7. The van der Waals surface area contributed by atoms with Gasteiger partial charge in [0.1, 0.15) is 18.2 Å². The molecular formula is C13H23N3O2. The zero-order chi connectivity index (χ0) is 13.4. The zero-order valence-corrected chi connectivity index (χ0v) is 11.7. The number of hydrogen-bond donors (Lipinski definition) is 1. The lowest BCUT2D eigenvalue weighted by molar-refractivity contribution is 0.0627. The molecule has 0 amide bonds. The molecule has 0 saturated carbocycles. The van der Waals surface area contributed by atoms with E-state index in [4.69, 9.17) is 9.47 Å². The summed E-state index contributed by atoms with van der Waals surface area (Å²) in [5, 5.41) is 3.07. The molecule has 5 nitrogen and oxygen atoms in total. The van der Waals surface area contributed by atoms with Crippen LogP contribution < -0.4 is 10.1 Å². The summed E-state index contributed by atoms with van der Waals surface area (Å²) in [6.07, 6.45) is 3.43. The Morgan fingerprint density at radius 2 is 2.11 bits per heavy atom. The molecule has 0 saturated heterocycles. The van der Waals surface area contributed by atoms with E-state index >= 15 is 0 Å². The maximum atomic E-state index is 5.83. The first-order valence-corrected chi connectivity index (χ1v) is 6.48. The van der Waals surface area contributed by atoms with Gasteiger partial charge in [-0.05, 0) is 20.3 Å². The molecule has 0 bridgehead atoms. The van der Waals surface area contributed by atoms with Gasteiger partial charge in [0.2, 0.25) is 5.88 Å². The average Bonchev–Trinajstić information content (AvgIpc) is 2.38. The summed E-state index contributed by atoms with van der Waals surface area (Å²) in [5.41, 5.74) is 1.03. The normalized spacial score (nSPS) is 12.2. The van der Waals surface area contributed by atoms with E-state index in [1.807, 2.05) is 20.9 Å². The maximum absolute atomic E-state index is 5.83. The molecule has 5 heteroatoms. The van der Waals surface area contributed by atoms with Crippen LogP contribution in [0, 0.1) is 0 Å². The lowest BCUT2D eigenvalue weighted by atomic mass is 10.1. The van der Waals surface area contributed by atoms with Crippen LogP contribution in [0.4, 0.5) is 5.82 Å². The fourth-order valence-electron chi connectivity index (χ4n) is 1.70. The van der Waals surface area contributed by atoms with Gasteiger partial charge in [0.25, 0.3) is 0 Å². The van der Waals surface area contributed by atoms with Gasteiger partial charge in [-0.15, -0.1) is 0 Å². The van der Waals surface area contributed by atoms with Gasteiger partial charge >= 0.3 is 0 Å². The predicted molar refractivity (Wildman–Crippen MR) is 72.2 cm³/mol. The highest BCUT2D eigenvalue weighted by molar-refractivity contribution is 5.48. The van der Waals surface area contributed by atoms with Gasteiger partial charge < -0.3 is 14.8 Å². The molecule has 1 N–H and O–H groups in total. The molecule has 0 spiro atoms. The van der Waals surface area contributed by atoms with Crippen LogP contribution in [-0.4, -0.2) is 36.3 Å². The van der Waals surface area contributed by atoms with Crippen molar-refractivity contribution < 1.29 is 9.47 Å². The summed E-state index contributed by atoms with van der Waals surface area (Å²) in [7, 11) is 1.86. The Kier molecular flexibility index (Phi) is 6.43. The largest absolute Gasteiger partial charge is 0.472 e. The van der Waals surface area contributed by atoms with Crippen LogP contribution in [0.3, 0.4) is 0 Å². The van der Waals surface area contributed by atoms with Gasteiger partial charge in [-0.1, -0.05) is 13.3 Å². The molecule has 0 aromatic carbocycles. The number of nitrogens with one attached hydrogen (secondary N) is 1. The van der Waals surface area contributed by atoms with Crippen molar-refractivity contribution in [2.75, 3.05) is 25.6 Å². The van der Waals surface area contributed by atoms with Crippen LogP contribution in [0.15, 0.2) is 6.33 Å². The Morgan fingerprint density at radius 1 is 1.33 bits per heavy atom. The highest BCUT2D eigenvalue weighted by Crippen LogP contribution is 2.24. The molecule has 0 fully saturated rings. The topological polar surface area (TPSA) is 56.3 Å². The van der Waals surface area contributed by atoms with Crippen molar-refractivity contribution in [2.45, 2.75) is 39.7 Å². The van der Waals surface area contributed by atoms with Crippen LogP contribution in [0.2, 0.25) is 0 Å². The van der Waals surface area contributed by atoms with Crippen molar-refractivity contribution in [2.24, 2.45) is 0 Å². The molecule has 1 aromatic rings. The fourth-order valence-corrected chi connectivity index (χ4v) is 1.70. The molecule has 1 aromatic heterocycles. The second-order valence-corrected chi connectivity index (χ2v) is 4.09. The van der Waals surface area contributed by atoms with Crippen molar-refractivity contribution in [3.63, 3.8) is 0 Å². The van der Waals surface area contributed by atoms with E-state index in [-0.39, 0.29) is 6.10 Å². The Labute approximate surface area is 109 Å². The second-order valence-electron chi connectivity index (χ2n) is 4.09. The Bertz CT molecular complexity index is 358. The summed E-state index contributed by atoms with van der Waals surface area (Å²) < 4.78 is 11.2. The molecule has 102 valence electrons. The van der Waals surface area contributed by atoms with Crippen molar-refractivity contribution in [3.8, 4) is 5.88 Å². The third-order valence-electron chi connectivity index (χ3n) is 2.51. The lowest BCUT2D eigenvalue weighted by Crippen LogP contribution is -2.21. The van der Waals surface area contributed by atoms with Crippen LogP contribution in [0.1, 0.15) is 32.8 Å². The van der Waals surface area contributed by atoms with Gasteiger partial charge in [-0.2, -0.15) is 0 Å². The molecule has 0 aliphatic rings. The Morgan fingerprint density at radius 3 is 2.72 bits per heavy atom. The number of ether oxygens (including phenoxy) is 2. The Hall–Kier alpha value is -1.36. The van der Waals surface area contributed by atoms with Crippen molar-refractivity contribution in [1.82, 2.24) is 9.97 Å². The molecule has 1 atom stereocenters. The Balaban J connectivity index is 2.79. The van der Waals surface area contributed by atoms with E-state index < -0.39 is 0 Å². The SMILES string of the molecule is CCCc1c(NC)ncnc1OC(C)COCC. The molecule has 0 radical (unpaired) electrons.